The molecular formula is C21H33N3O. The molecule has 1 aliphatic heterocycles. The van der Waals surface area contributed by atoms with Crippen molar-refractivity contribution in [3.05, 3.63) is 35.9 Å². The van der Waals surface area contributed by atoms with E-state index in [0.717, 1.165) is 64.1 Å². The van der Waals surface area contributed by atoms with E-state index in [-0.39, 0.29) is 11.9 Å². The van der Waals surface area contributed by atoms with Gasteiger partial charge in [0.25, 0.3) is 0 Å². The van der Waals surface area contributed by atoms with E-state index in [2.05, 4.69) is 34.5 Å². The van der Waals surface area contributed by atoms with Crippen molar-refractivity contribution in [2.24, 2.45) is 11.7 Å². The number of nitrogens with one attached hydrogen (secondary N) is 1. The van der Waals surface area contributed by atoms with Crippen molar-refractivity contribution in [3.63, 3.8) is 0 Å². The van der Waals surface area contributed by atoms with Crippen LogP contribution in [0.2, 0.25) is 0 Å². The summed E-state index contributed by atoms with van der Waals surface area (Å²) in [4.78, 5) is 15.0. The van der Waals surface area contributed by atoms with E-state index in [0.29, 0.717) is 6.04 Å². The first kappa shape index (κ1) is 18.4. The van der Waals surface area contributed by atoms with Crippen molar-refractivity contribution in [3.8, 4) is 0 Å². The Labute approximate surface area is 152 Å². The second-order valence-electron chi connectivity index (χ2n) is 7.81. The second-order valence-corrected chi connectivity index (χ2v) is 7.81. The van der Waals surface area contributed by atoms with Gasteiger partial charge in [-0.1, -0.05) is 30.3 Å². The van der Waals surface area contributed by atoms with Crippen molar-refractivity contribution in [2.75, 3.05) is 19.6 Å². The predicted molar refractivity (Wildman–Crippen MR) is 102 cm³/mol. The maximum atomic E-state index is 12.6. The standard InChI is InChI=1S/C21H33N3O/c22-19-12-10-18(11-13-19)16-24-15-5-9-20(24)21(25)23-14-4-8-17-6-2-1-3-7-17/h1-3,6-7,18-20H,4-5,8-16,22H2,(H,23,25)/t18-,19-,20-/m0/s1. The summed E-state index contributed by atoms with van der Waals surface area (Å²) < 4.78 is 0. The quantitative estimate of drug-likeness (QED) is 0.749. The molecule has 1 aliphatic carbocycles. The topological polar surface area (TPSA) is 58.4 Å². The highest BCUT2D eigenvalue weighted by Crippen LogP contribution is 2.27. The molecule has 2 fully saturated rings. The lowest BCUT2D eigenvalue weighted by atomic mass is 9.86. The monoisotopic (exact) mass is 343 g/mol. The lowest BCUT2D eigenvalue weighted by molar-refractivity contribution is -0.125. The van der Waals surface area contributed by atoms with Crippen molar-refractivity contribution >= 4 is 5.91 Å². The van der Waals surface area contributed by atoms with E-state index in [1.807, 2.05) is 6.07 Å². The number of carbonyl (C=O) groups excluding carboxylic acids is 1. The van der Waals surface area contributed by atoms with Gasteiger partial charge in [-0.15, -0.1) is 0 Å². The van der Waals surface area contributed by atoms with E-state index < -0.39 is 0 Å². The maximum absolute atomic E-state index is 12.6. The zero-order chi connectivity index (χ0) is 17.5. The van der Waals surface area contributed by atoms with Crippen LogP contribution in [-0.2, 0) is 11.2 Å². The lowest BCUT2D eigenvalue weighted by Crippen LogP contribution is -2.45. The number of likely N-dealkylation sites (tertiary alicyclic amines) is 1. The Balaban J connectivity index is 1.38. The van der Waals surface area contributed by atoms with Crippen LogP contribution in [0.1, 0.15) is 50.5 Å². The molecule has 1 aromatic rings. The molecule has 4 nitrogen and oxygen atoms in total. The molecule has 0 radical (unpaired) electrons. The number of benzene rings is 1. The molecule has 0 spiro atoms. The first-order chi connectivity index (χ1) is 12.2. The van der Waals surface area contributed by atoms with Gasteiger partial charge in [0.2, 0.25) is 5.91 Å². The first-order valence-electron chi connectivity index (χ1n) is 10.0. The molecule has 1 saturated carbocycles. The molecule has 138 valence electrons. The van der Waals surface area contributed by atoms with Gasteiger partial charge in [-0.05, 0) is 69.4 Å². The number of nitrogens with two attached hydrogens (primary N) is 1. The average molecular weight is 344 g/mol. The number of rotatable bonds is 7. The number of hydrogen-bond acceptors (Lipinski definition) is 3. The summed E-state index contributed by atoms with van der Waals surface area (Å²) in [6.45, 7) is 2.93. The van der Waals surface area contributed by atoms with Gasteiger partial charge in [-0.3, -0.25) is 9.69 Å². The van der Waals surface area contributed by atoms with E-state index in [1.165, 1.54) is 18.4 Å². The third-order valence-corrected chi connectivity index (χ3v) is 5.83. The summed E-state index contributed by atoms with van der Waals surface area (Å²) in [5, 5.41) is 3.17. The van der Waals surface area contributed by atoms with Crippen LogP contribution in [0.5, 0.6) is 0 Å². The van der Waals surface area contributed by atoms with Crippen LogP contribution in [0.25, 0.3) is 0 Å². The minimum atomic E-state index is 0.0901. The van der Waals surface area contributed by atoms with Crippen LogP contribution in [0.15, 0.2) is 30.3 Å². The zero-order valence-corrected chi connectivity index (χ0v) is 15.3. The molecule has 3 N–H and O–H groups in total. The summed E-state index contributed by atoms with van der Waals surface area (Å²) in [6, 6.07) is 11.0. The molecule has 1 amide bonds. The van der Waals surface area contributed by atoms with Crippen LogP contribution in [0, 0.1) is 5.92 Å². The summed E-state index contributed by atoms with van der Waals surface area (Å²) >= 11 is 0. The largest absolute Gasteiger partial charge is 0.355 e. The number of aryl methyl sites for hydroxylation is 1. The van der Waals surface area contributed by atoms with Gasteiger partial charge in [-0.2, -0.15) is 0 Å². The van der Waals surface area contributed by atoms with Crippen molar-refractivity contribution in [1.82, 2.24) is 10.2 Å². The highest BCUT2D eigenvalue weighted by atomic mass is 16.2. The van der Waals surface area contributed by atoms with Crippen LogP contribution >= 0.6 is 0 Å². The number of carbonyl (C=O) groups is 1. The SMILES string of the molecule is N[C@H]1CC[C@H](CN2CCC[C@H]2C(=O)NCCCc2ccccc2)CC1. The van der Waals surface area contributed by atoms with Crippen LogP contribution in [0.4, 0.5) is 0 Å². The fraction of sp³-hybridized carbons (Fsp3) is 0.667. The zero-order valence-electron chi connectivity index (χ0n) is 15.3. The van der Waals surface area contributed by atoms with Crippen LogP contribution in [-0.4, -0.2) is 42.5 Å². The fourth-order valence-corrected chi connectivity index (χ4v) is 4.31. The molecule has 0 aromatic heterocycles. The predicted octanol–water partition coefficient (Wildman–Crippen LogP) is 2.72. The summed E-state index contributed by atoms with van der Waals surface area (Å²) in [7, 11) is 0. The second kappa shape index (κ2) is 9.35. The third kappa shape index (κ3) is 5.55. The molecule has 0 bridgehead atoms. The minimum Gasteiger partial charge on any atom is -0.355 e. The molecule has 0 unspecified atom stereocenters. The average Bonchev–Trinajstić information content (AvgIpc) is 3.10. The first-order valence-corrected chi connectivity index (χ1v) is 10.0. The van der Waals surface area contributed by atoms with Gasteiger partial charge in [0.05, 0.1) is 6.04 Å². The highest BCUT2D eigenvalue weighted by molar-refractivity contribution is 5.82. The molecule has 4 heteroatoms. The Bertz CT molecular complexity index is 525. The fourth-order valence-electron chi connectivity index (χ4n) is 4.31. The smallest absolute Gasteiger partial charge is 0.237 e. The van der Waals surface area contributed by atoms with Gasteiger partial charge in [-0.25, -0.2) is 0 Å². The Kier molecular flexibility index (Phi) is 6.88. The molecule has 3 rings (SSSR count). The van der Waals surface area contributed by atoms with Gasteiger partial charge in [0.1, 0.15) is 0 Å². The number of amides is 1. The molecular weight excluding hydrogens is 310 g/mol. The van der Waals surface area contributed by atoms with E-state index in [1.54, 1.807) is 0 Å². The molecule has 1 saturated heterocycles. The number of hydrogen-bond donors (Lipinski definition) is 2. The lowest BCUT2D eigenvalue weighted by Gasteiger charge is -2.32. The maximum Gasteiger partial charge on any atom is 0.237 e. The Hall–Kier alpha value is -1.39. The van der Waals surface area contributed by atoms with Gasteiger partial charge >= 0.3 is 0 Å². The van der Waals surface area contributed by atoms with Crippen LogP contribution in [0.3, 0.4) is 0 Å². The van der Waals surface area contributed by atoms with Crippen molar-refractivity contribution in [1.29, 1.82) is 0 Å². The van der Waals surface area contributed by atoms with Gasteiger partial charge in [0.15, 0.2) is 0 Å². The molecule has 1 heterocycles. The Morgan fingerprint density at radius 1 is 1.12 bits per heavy atom. The summed E-state index contributed by atoms with van der Waals surface area (Å²) in [5.74, 6) is 0.962. The Morgan fingerprint density at radius 3 is 2.64 bits per heavy atom. The van der Waals surface area contributed by atoms with E-state index >= 15 is 0 Å². The van der Waals surface area contributed by atoms with E-state index in [9.17, 15) is 4.79 Å². The Morgan fingerprint density at radius 2 is 1.88 bits per heavy atom. The third-order valence-electron chi connectivity index (χ3n) is 5.83. The highest BCUT2D eigenvalue weighted by Gasteiger charge is 2.32. The number of nitrogens with zero attached hydrogens (tertiary/aromatic N) is 1. The summed E-state index contributed by atoms with van der Waals surface area (Å²) in [6.07, 6.45) is 8.93. The molecule has 25 heavy (non-hydrogen) atoms. The van der Waals surface area contributed by atoms with E-state index in [4.69, 9.17) is 5.73 Å². The van der Waals surface area contributed by atoms with Gasteiger partial charge in [0, 0.05) is 19.1 Å². The molecule has 1 atom stereocenters. The summed E-state index contributed by atoms with van der Waals surface area (Å²) in [5.41, 5.74) is 7.36. The van der Waals surface area contributed by atoms with Crippen molar-refractivity contribution in [2.45, 2.75) is 63.5 Å². The normalized spacial score (nSPS) is 27.3. The van der Waals surface area contributed by atoms with Crippen molar-refractivity contribution < 1.29 is 4.79 Å². The van der Waals surface area contributed by atoms with Crippen LogP contribution < -0.4 is 11.1 Å². The molecule has 1 aromatic carbocycles. The van der Waals surface area contributed by atoms with Gasteiger partial charge < -0.3 is 11.1 Å². The molecule has 2 aliphatic rings. The minimum absolute atomic E-state index is 0.0901.